The van der Waals surface area contributed by atoms with Crippen LogP contribution in [0, 0.1) is 5.92 Å². The minimum absolute atomic E-state index is 0.241. The predicted octanol–water partition coefficient (Wildman–Crippen LogP) is 3.26. The molecule has 1 aromatic carbocycles. The van der Waals surface area contributed by atoms with Gasteiger partial charge in [0.05, 0.1) is 22.3 Å². The summed E-state index contributed by atoms with van der Waals surface area (Å²) in [5, 5.41) is 0.612. The third-order valence-corrected chi connectivity index (χ3v) is 6.19. The number of hydrogen-bond acceptors (Lipinski definition) is 4. The zero-order valence-corrected chi connectivity index (χ0v) is 14.7. The molecule has 0 radical (unpaired) electrons. The Morgan fingerprint density at radius 2 is 1.43 bits per heavy atom. The molecule has 0 aliphatic rings. The highest BCUT2D eigenvalue weighted by molar-refractivity contribution is 6.78. The maximum absolute atomic E-state index is 12.1. The van der Waals surface area contributed by atoms with Gasteiger partial charge in [-0.3, -0.25) is 9.59 Å². The van der Waals surface area contributed by atoms with Gasteiger partial charge >= 0.3 is 11.9 Å². The molecule has 0 saturated carbocycles. The van der Waals surface area contributed by atoms with Gasteiger partial charge in [-0.25, -0.2) is 0 Å². The van der Waals surface area contributed by atoms with Gasteiger partial charge in [0.15, 0.2) is 5.92 Å². The van der Waals surface area contributed by atoms with Gasteiger partial charge in [-0.05, 0) is 17.7 Å². The van der Waals surface area contributed by atoms with Crippen LogP contribution in [-0.4, -0.2) is 34.2 Å². The Morgan fingerprint density at radius 1 is 1.00 bits per heavy atom. The lowest BCUT2D eigenvalue weighted by molar-refractivity contribution is -0.159. The molecule has 1 atom stereocenters. The maximum atomic E-state index is 12.1. The Hall–Kier alpha value is -1.33. The van der Waals surface area contributed by atoms with E-state index in [0.29, 0.717) is 5.02 Å². The third-order valence-electron chi connectivity index (χ3n) is 3.41. The number of benzene rings is 1. The van der Waals surface area contributed by atoms with Crippen molar-refractivity contribution in [3.05, 3.63) is 34.9 Å². The van der Waals surface area contributed by atoms with Crippen molar-refractivity contribution in [3.8, 4) is 0 Å². The van der Waals surface area contributed by atoms with E-state index in [2.05, 4.69) is 19.6 Å². The lowest BCUT2D eigenvalue weighted by Crippen LogP contribution is -2.44. The number of carbonyl (C=O) groups excluding carboxylic acids is 2. The molecule has 4 nitrogen and oxygen atoms in total. The van der Waals surface area contributed by atoms with Crippen molar-refractivity contribution in [3.63, 3.8) is 0 Å². The number of halogens is 1. The van der Waals surface area contributed by atoms with Crippen LogP contribution in [0.2, 0.25) is 24.7 Å². The fourth-order valence-electron chi connectivity index (χ4n) is 2.48. The lowest BCUT2D eigenvalue weighted by atomic mass is 9.98. The summed E-state index contributed by atoms with van der Waals surface area (Å²) in [4.78, 5) is 24.2. The number of esters is 2. The van der Waals surface area contributed by atoms with Gasteiger partial charge in [-0.2, -0.15) is 0 Å². The van der Waals surface area contributed by atoms with E-state index in [9.17, 15) is 9.59 Å². The predicted molar refractivity (Wildman–Crippen MR) is 85.1 cm³/mol. The van der Waals surface area contributed by atoms with Crippen LogP contribution in [0.25, 0.3) is 0 Å². The molecule has 0 fully saturated rings. The molecule has 116 valence electrons. The number of carbonyl (C=O) groups is 2. The topological polar surface area (TPSA) is 52.6 Å². The van der Waals surface area contributed by atoms with Gasteiger partial charge in [0.2, 0.25) is 0 Å². The molecule has 0 spiro atoms. The first-order chi connectivity index (χ1) is 9.72. The number of rotatable bonds is 5. The third kappa shape index (κ3) is 4.31. The van der Waals surface area contributed by atoms with Gasteiger partial charge in [-0.1, -0.05) is 43.4 Å². The highest BCUT2D eigenvalue weighted by Crippen LogP contribution is 2.36. The Labute approximate surface area is 131 Å². The van der Waals surface area contributed by atoms with Gasteiger partial charge in [-0.15, -0.1) is 0 Å². The van der Waals surface area contributed by atoms with E-state index in [4.69, 9.17) is 21.1 Å². The van der Waals surface area contributed by atoms with Crippen molar-refractivity contribution in [2.75, 3.05) is 14.2 Å². The smallest absolute Gasteiger partial charge is 0.320 e. The van der Waals surface area contributed by atoms with Crippen LogP contribution in [0.4, 0.5) is 0 Å². The fourth-order valence-corrected chi connectivity index (χ4v) is 5.08. The number of ether oxygens (including phenoxy) is 2. The standard InChI is InChI=1S/C15H21ClO4Si/c1-19-14(17)12(15(18)20-2)13(21(3,4)5)10-6-8-11(16)9-7-10/h6-9,12-13H,1-5H3. The van der Waals surface area contributed by atoms with Crippen molar-refractivity contribution in [2.45, 2.75) is 25.2 Å². The normalized spacial score (nSPS) is 12.9. The van der Waals surface area contributed by atoms with Crippen molar-refractivity contribution in [1.82, 2.24) is 0 Å². The summed E-state index contributed by atoms with van der Waals surface area (Å²) in [5.41, 5.74) is 0.661. The zero-order chi connectivity index (χ0) is 16.2. The molecule has 1 rings (SSSR count). The summed E-state index contributed by atoms with van der Waals surface area (Å²) in [6.45, 7) is 6.31. The van der Waals surface area contributed by atoms with Crippen molar-refractivity contribution in [1.29, 1.82) is 0 Å². The second kappa shape index (κ2) is 7.09. The molecule has 21 heavy (non-hydrogen) atoms. The van der Waals surface area contributed by atoms with Crippen molar-refractivity contribution < 1.29 is 19.1 Å². The van der Waals surface area contributed by atoms with Crippen LogP contribution >= 0.6 is 11.6 Å². The average Bonchev–Trinajstić information content (AvgIpc) is 2.43. The summed E-state index contributed by atoms with van der Waals surface area (Å²) >= 11 is 5.92. The van der Waals surface area contributed by atoms with E-state index >= 15 is 0 Å². The lowest BCUT2D eigenvalue weighted by Gasteiger charge is -2.33. The van der Waals surface area contributed by atoms with Crippen LogP contribution in [-0.2, 0) is 19.1 Å². The SMILES string of the molecule is COC(=O)C(C(=O)OC)C(c1ccc(Cl)cc1)[Si](C)(C)C. The minimum Gasteiger partial charge on any atom is -0.468 e. The van der Waals surface area contributed by atoms with E-state index in [1.165, 1.54) is 14.2 Å². The molecule has 1 unspecified atom stereocenters. The molecule has 6 heteroatoms. The molecule has 0 aliphatic carbocycles. The molecule has 0 aromatic heterocycles. The van der Waals surface area contributed by atoms with Crippen LogP contribution in [0.15, 0.2) is 24.3 Å². The highest BCUT2D eigenvalue weighted by Gasteiger charge is 2.44. The molecule has 1 aromatic rings. The maximum Gasteiger partial charge on any atom is 0.320 e. The van der Waals surface area contributed by atoms with E-state index in [0.717, 1.165) is 5.56 Å². The minimum atomic E-state index is -1.91. The van der Waals surface area contributed by atoms with E-state index in [1.54, 1.807) is 12.1 Å². The second-order valence-electron chi connectivity index (χ2n) is 5.92. The number of hydrogen-bond donors (Lipinski definition) is 0. The first-order valence-corrected chi connectivity index (χ1v) is 10.6. The van der Waals surface area contributed by atoms with E-state index in [1.807, 2.05) is 12.1 Å². The summed E-state index contributed by atoms with van der Waals surface area (Å²) in [5.74, 6) is -2.08. The first-order valence-electron chi connectivity index (χ1n) is 6.63. The number of methoxy groups -OCH3 is 2. The second-order valence-corrected chi connectivity index (χ2v) is 11.7. The molecule has 0 N–H and O–H groups in total. The summed E-state index contributed by atoms with van der Waals surface area (Å²) in [6.07, 6.45) is 0. The molecule has 0 amide bonds. The Morgan fingerprint density at radius 3 is 1.76 bits per heavy atom. The molecular weight excluding hydrogens is 308 g/mol. The van der Waals surface area contributed by atoms with E-state index < -0.39 is 25.9 Å². The van der Waals surface area contributed by atoms with Gasteiger partial charge in [0.25, 0.3) is 0 Å². The van der Waals surface area contributed by atoms with Crippen molar-refractivity contribution in [2.24, 2.45) is 5.92 Å². The van der Waals surface area contributed by atoms with Crippen LogP contribution in [0.3, 0.4) is 0 Å². The summed E-state index contributed by atoms with van der Waals surface area (Å²) < 4.78 is 9.63. The zero-order valence-electron chi connectivity index (χ0n) is 13.0. The Bertz CT molecular complexity index is 491. The fraction of sp³-hybridized carbons (Fsp3) is 0.467. The van der Waals surface area contributed by atoms with Crippen molar-refractivity contribution >= 4 is 31.6 Å². The quantitative estimate of drug-likeness (QED) is 0.473. The van der Waals surface area contributed by atoms with Gasteiger partial charge in [0.1, 0.15) is 0 Å². The highest BCUT2D eigenvalue weighted by atomic mass is 35.5. The van der Waals surface area contributed by atoms with Crippen LogP contribution < -0.4 is 0 Å². The van der Waals surface area contributed by atoms with Crippen LogP contribution in [0.5, 0.6) is 0 Å². The first kappa shape index (κ1) is 17.7. The largest absolute Gasteiger partial charge is 0.468 e. The van der Waals surface area contributed by atoms with Gasteiger partial charge in [0, 0.05) is 10.6 Å². The Kier molecular flexibility index (Phi) is 5.98. The van der Waals surface area contributed by atoms with Crippen LogP contribution in [0.1, 0.15) is 11.1 Å². The molecule has 0 saturated heterocycles. The van der Waals surface area contributed by atoms with E-state index in [-0.39, 0.29) is 5.54 Å². The van der Waals surface area contributed by atoms with Gasteiger partial charge < -0.3 is 9.47 Å². The molecule has 0 heterocycles. The monoisotopic (exact) mass is 328 g/mol. The summed E-state index contributed by atoms with van der Waals surface area (Å²) in [7, 11) is 0.648. The molecular formula is C15H21ClO4Si. The average molecular weight is 329 g/mol. The molecule has 0 aliphatic heterocycles. The molecule has 0 bridgehead atoms. The Balaban J connectivity index is 3.37. The summed E-state index contributed by atoms with van der Waals surface area (Å²) in [6, 6.07) is 7.22.